The summed E-state index contributed by atoms with van der Waals surface area (Å²) >= 11 is 0. The van der Waals surface area contributed by atoms with Gasteiger partial charge >= 0.3 is 0 Å². The van der Waals surface area contributed by atoms with Gasteiger partial charge in [0.15, 0.2) is 0 Å². The molecule has 0 fully saturated rings. The highest BCUT2D eigenvalue weighted by Crippen LogP contribution is 2.18. The number of hydrogen-bond donors (Lipinski definition) is 1. The SMILES string of the molecule is CCNCCCC(C)Oc1cc(C)cc(C)c1. The van der Waals surface area contributed by atoms with E-state index in [4.69, 9.17) is 4.74 Å². The average Bonchev–Trinajstić information content (AvgIpc) is 2.23. The monoisotopic (exact) mass is 235 g/mol. The maximum Gasteiger partial charge on any atom is 0.120 e. The summed E-state index contributed by atoms with van der Waals surface area (Å²) in [7, 11) is 0. The van der Waals surface area contributed by atoms with E-state index < -0.39 is 0 Å². The van der Waals surface area contributed by atoms with E-state index in [1.165, 1.54) is 17.5 Å². The summed E-state index contributed by atoms with van der Waals surface area (Å²) in [5.41, 5.74) is 2.53. The Bertz CT molecular complexity index is 315. The molecule has 17 heavy (non-hydrogen) atoms. The fraction of sp³-hybridized carbons (Fsp3) is 0.600. The van der Waals surface area contributed by atoms with Crippen LogP contribution < -0.4 is 10.1 Å². The molecule has 0 saturated heterocycles. The lowest BCUT2D eigenvalue weighted by Crippen LogP contribution is -2.18. The van der Waals surface area contributed by atoms with Crippen molar-refractivity contribution in [2.24, 2.45) is 0 Å². The molecule has 0 aliphatic carbocycles. The Kier molecular flexibility index (Phi) is 6.06. The van der Waals surface area contributed by atoms with Crippen molar-refractivity contribution in [1.29, 1.82) is 0 Å². The Morgan fingerprint density at radius 2 is 1.82 bits per heavy atom. The zero-order valence-corrected chi connectivity index (χ0v) is 11.5. The van der Waals surface area contributed by atoms with Crippen molar-refractivity contribution < 1.29 is 4.74 Å². The average molecular weight is 235 g/mol. The highest BCUT2D eigenvalue weighted by atomic mass is 16.5. The van der Waals surface area contributed by atoms with Crippen LogP contribution in [0.2, 0.25) is 0 Å². The van der Waals surface area contributed by atoms with Crippen LogP contribution in [0.4, 0.5) is 0 Å². The maximum atomic E-state index is 5.93. The first-order valence-electron chi connectivity index (χ1n) is 6.57. The highest BCUT2D eigenvalue weighted by Gasteiger charge is 2.04. The summed E-state index contributed by atoms with van der Waals surface area (Å²) in [6, 6.07) is 6.38. The van der Waals surface area contributed by atoms with Crippen molar-refractivity contribution in [2.45, 2.75) is 46.6 Å². The molecule has 0 radical (unpaired) electrons. The van der Waals surface area contributed by atoms with Gasteiger partial charge in [-0.25, -0.2) is 0 Å². The number of benzene rings is 1. The summed E-state index contributed by atoms with van der Waals surface area (Å²) in [5.74, 6) is 0.999. The van der Waals surface area contributed by atoms with Gasteiger partial charge in [-0.3, -0.25) is 0 Å². The number of ether oxygens (including phenoxy) is 1. The minimum Gasteiger partial charge on any atom is -0.491 e. The Balaban J connectivity index is 2.36. The Hall–Kier alpha value is -1.02. The number of rotatable bonds is 7. The molecule has 2 nitrogen and oxygen atoms in total. The van der Waals surface area contributed by atoms with Crippen molar-refractivity contribution in [3.05, 3.63) is 29.3 Å². The Morgan fingerprint density at radius 3 is 2.41 bits per heavy atom. The number of aryl methyl sites for hydroxylation is 2. The van der Waals surface area contributed by atoms with Gasteiger partial charge in [-0.1, -0.05) is 13.0 Å². The van der Waals surface area contributed by atoms with Crippen molar-refractivity contribution in [3.8, 4) is 5.75 Å². The third-order valence-electron chi connectivity index (χ3n) is 2.75. The summed E-state index contributed by atoms with van der Waals surface area (Å²) < 4.78 is 5.93. The maximum absolute atomic E-state index is 5.93. The zero-order chi connectivity index (χ0) is 12.7. The fourth-order valence-electron chi connectivity index (χ4n) is 1.98. The van der Waals surface area contributed by atoms with E-state index in [0.717, 1.165) is 25.3 Å². The molecule has 0 heterocycles. The van der Waals surface area contributed by atoms with Crippen molar-refractivity contribution in [2.75, 3.05) is 13.1 Å². The minimum absolute atomic E-state index is 0.287. The Labute approximate surface area is 105 Å². The van der Waals surface area contributed by atoms with Gasteiger partial charge in [0.25, 0.3) is 0 Å². The molecular formula is C15H25NO. The summed E-state index contributed by atoms with van der Waals surface area (Å²) in [6.07, 6.45) is 2.55. The molecule has 1 N–H and O–H groups in total. The van der Waals surface area contributed by atoms with Gasteiger partial charge in [0.1, 0.15) is 5.75 Å². The van der Waals surface area contributed by atoms with E-state index in [1.54, 1.807) is 0 Å². The lowest BCUT2D eigenvalue weighted by Gasteiger charge is -2.15. The minimum atomic E-state index is 0.287. The van der Waals surface area contributed by atoms with E-state index in [0.29, 0.717) is 0 Å². The quantitative estimate of drug-likeness (QED) is 0.731. The van der Waals surface area contributed by atoms with Crippen LogP contribution >= 0.6 is 0 Å². The second-order valence-corrected chi connectivity index (χ2v) is 4.75. The molecule has 0 bridgehead atoms. The van der Waals surface area contributed by atoms with E-state index in [2.05, 4.69) is 51.2 Å². The molecule has 1 aromatic carbocycles. The van der Waals surface area contributed by atoms with Crippen LogP contribution in [0, 0.1) is 13.8 Å². The van der Waals surface area contributed by atoms with Gasteiger partial charge in [-0.2, -0.15) is 0 Å². The van der Waals surface area contributed by atoms with Gasteiger partial charge in [-0.05, 0) is 70.0 Å². The second kappa shape index (κ2) is 7.33. The van der Waals surface area contributed by atoms with Crippen molar-refractivity contribution in [1.82, 2.24) is 5.32 Å². The first-order chi connectivity index (χ1) is 8.11. The van der Waals surface area contributed by atoms with E-state index in [-0.39, 0.29) is 6.10 Å². The smallest absolute Gasteiger partial charge is 0.120 e. The van der Waals surface area contributed by atoms with Crippen LogP contribution in [0.3, 0.4) is 0 Å². The summed E-state index contributed by atoms with van der Waals surface area (Å²) in [5, 5.41) is 3.33. The van der Waals surface area contributed by atoms with E-state index in [1.807, 2.05) is 0 Å². The van der Waals surface area contributed by atoms with Crippen molar-refractivity contribution in [3.63, 3.8) is 0 Å². The molecule has 1 unspecified atom stereocenters. The molecule has 0 saturated carbocycles. The summed E-state index contributed by atoms with van der Waals surface area (Å²) in [6.45, 7) is 10.6. The molecule has 1 rings (SSSR count). The van der Waals surface area contributed by atoms with Crippen LogP contribution in [0.5, 0.6) is 5.75 Å². The van der Waals surface area contributed by atoms with Crippen LogP contribution in [-0.2, 0) is 0 Å². The largest absolute Gasteiger partial charge is 0.491 e. The topological polar surface area (TPSA) is 21.3 Å². The Morgan fingerprint density at radius 1 is 1.18 bits per heavy atom. The van der Waals surface area contributed by atoms with Gasteiger partial charge in [0, 0.05) is 0 Å². The molecule has 0 aromatic heterocycles. The van der Waals surface area contributed by atoms with Gasteiger partial charge < -0.3 is 10.1 Å². The zero-order valence-electron chi connectivity index (χ0n) is 11.5. The first kappa shape index (κ1) is 14.0. The number of hydrogen-bond acceptors (Lipinski definition) is 2. The molecule has 1 atom stereocenters. The van der Waals surface area contributed by atoms with Gasteiger partial charge in [-0.15, -0.1) is 0 Å². The lowest BCUT2D eigenvalue weighted by atomic mass is 10.1. The van der Waals surface area contributed by atoms with Crippen LogP contribution in [0.25, 0.3) is 0 Å². The molecule has 0 aliphatic heterocycles. The van der Waals surface area contributed by atoms with Gasteiger partial charge in [0.05, 0.1) is 6.10 Å². The normalized spacial score (nSPS) is 12.5. The predicted octanol–water partition coefficient (Wildman–Crippen LogP) is 3.46. The third-order valence-corrected chi connectivity index (χ3v) is 2.75. The first-order valence-corrected chi connectivity index (χ1v) is 6.57. The second-order valence-electron chi connectivity index (χ2n) is 4.75. The molecule has 0 spiro atoms. The molecule has 1 aromatic rings. The number of nitrogens with one attached hydrogen (secondary N) is 1. The third kappa shape index (κ3) is 5.73. The standard InChI is InChI=1S/C15H25NO/c1-5-16-8-6-7-14(4)17-15-10-12(2)9-13(3)11-15/h9-11,14,16H,5-8H2,1-4H3. The molecule has 2 heteroatoms. The highest BCUT2D eigenvalue weighted by molar-refractivity contribution is 5.33. The molecule has 0 aliphatic rings. The van der Waals surface area contributed by atoms with Gasteiger partial charge in [0.2, 0.25) is 0 Å². The molecule has 0 amide bonds. The molecular weight excluding hydrogens is 210 g/mol. The lowest BCUT2D eigenvalue weighted by molar-refractivity contribution is 0.207. The van der Waals surface area contributed by atoms with Crippen molar-refractivity contribution >= 4 is 0 Å². The molecule has 96 valence electrons. The van der Waals surface area contributed by atoms with E-state index >= 15 is 0 Å². The van der Waals surface area contributed by atoms with Crippen LogP contribution in [0.15, 0.2) is 18.2 Å². The van der Waals surface area contributed by atoms with Crippen LogP contribution in [0.1, 0.15) is 37.8 Å². The van der Waals surface area contributed by atoms with Crippen LogP contribution in [-0.4, -0.2) is 19.2 Å². The fourth-order valence-corrected chi connectivity index (χ4v) is 1.98. The summed E-state index contributed by atoms with van der Waals surface area (Å²) in [4.78, 5) is 0. The predicted molar refractivity (Wildman–Crippen MR) is 73.8 cm³/mol. The van der Waals surface area contributed by atoms with E-state index in [9.17, 15) is 0 Å².